The first-order valence-corrected chi connectivity index (χ1v) is 6.41. The number of hydrogen-bond donors (Lipinski definition) is 1. The highest BCUT2D eigenvalue weighted by atomic mass is 16.2. The van der Waals surface area contributed by atoms with Crippen molar-refractivity contribution < 1.29 is 4.79 Å². The van der Waals surface area contributed by atoms with E-state index >= 15 is 0 Å². The lowest BCUT2D eigenvalue weighted by molar-refractivity contribution is -0.130. The summed E-state index contributed by atoms with van der Waals surface area (Å²) >= 11 is 0. The van der Waals surface area contributed by atoms with Gasteiger partial charge in [0.2, 0.25) is 5.91 Å². The summed E-state index contributed by atoms with van der Waals surface area (Å²) in [5.41, 5.74) is 1.22. The fourth-order valence-electron chi connectivity index (χ4n) is 2.96. The molecule has 0 radical (unpaired) electrons. The van der Waals surface area contributed by atoms with Crippen LogP contribution in [0.3, 0.4) is 0 Å². The van der Waals surface area contributed by atoms with Crippen molar-refractivity contribution in [1.29, 1.82) is 0 Å². The molecule has 2 unspecified atom stereocenters. The zero-order chi connectivity index (χ0) is 11.7. The van der Waals surface area contributed by atoms with Crippen molar-refractivity contribution in [3.8, 4) is 0 Å². The Morgan fingerprint density at radius 3 is 2.88 bits per heavy atom. The van der Waals surface area contributed by atoms with E-state index in [2.05, 4.69) is 17.4 Å². The van der Waals surface area contributed by atoms with Gasteiger partial charge in [0, 0.05) is 19.0 Å². The van der Waals surface area contributed by atoms with Crippen LogP contribution in [-0.2, 0) is 11.3 Å². The Hall–Kier alpha value is -1.35. The predicted octanol–water partition coefficient (Wildman–Crippen LogP) is 1.40. The molecule has 0 spiro atoms. The molecule has 1 aromatic carbocycles. The van der Waals surface area contributed by atoms with Crippen molar-refractivity contribution in [3.05, 3.63) is 35.9 Å². The van der Waals surface area contributed by atoms with Gasteiger partial charge in [-0.05, 0) is 24.9 Å². The van der Waals surface area contributed by atoms with Gasteiger partial charge in [0.05, 0.1) is 6.04 Å². The number of amides is 1. The summed E-state index contributed by atoms with van der Waals surface area (Å²) in [6.45, 7) is 2.67. The third kappa shape index (κ3) is 2.07. The first-order chi connectivity index (χ1) is 8.34. The molecule has 1 N–H and O–H groups in total. The van der Waals surface area contributed by atoms with Crippen LogP contribution in [0.25, 0.3) is 0 Å². The average Bonchev–Trinajstić information content (AvgIpc) is 2.68. The Kier molecular flexibility index (Phi) is 2.85. The monoisotopic (exact) mass is 230 g/mol. The smallest absolute Gasteiger partial charge is 0.240 e. The van der Waals surface area contributed by atoms with Crippen molar-refractivity contribution >= 4 is 5.91 Å². The van der Waals surface area contributed by atoms with Crippen LogP contribution < -0.4 is 5.32 Å². The van der Waals surface area contributed by atoms with E-state index in [1.54, 1.807) is 0 Å². The standard InChI is InChI=1S/C14H18N2O/c17-14-13-12(7-4-8-15-13)10-16(14)9-11-5-2-1-3-6-11/h1-3,5-6,12-13,15H,4,7-10H2. The van der Waals surface area contributed by atoms with E-state index in [0.717, 1.165) is 19.6 Å². The van der Waals surface area contributed by atoms with Gasteiger partial charge >= 0.3 is 0 Å². The summed E-state index contributed by atoms with van der Waals surface area (Å²) in [6, 6.07) is 10.3. The van der Waals surface area contributed by atoms with Gasteiger partial charge in [-0.3, -0.25) is 4.79 Å². The molecule has 3 rings (SSSR count). The van der Waals surface area contributed by atoms with Crippen LogP contribution in [0.15, 0.2) is 30.3 Å². The summed E-state index contributed by atoms with van der Waals surface area (Å²) < 4.78 is 0. The van der Waals surface area contributed by atoms with Crippen molar-refractivity contribution in [2.45, 2.75) is 25.4 Å². The Labute approximate surface area is 102 Å². The summed E-state index contributed by atoms with van der Waals surface area (Å²) in [7, 11) is 0. The van der Waals surface area contributed by atoms with Crippen molar-refractivity contribution in [2.75, 3.05) is 13.1 Å². The molecule has 17 heavy (non-hydrogen) atoms. The molecule has 2 heterocycles. The van der Waals surface area contributed by atoms with Gasteiger partial charge < -0.3 is 10.2 Å². The first kappa shape index (κ1) is 10.8. The molecule has 3 heteroatoms. The maximum Gasteiger partial charge on any atom is 0.240 e. The van der Waals surface area contributed by atoms with Gasteiger partial charge in [0.1, 0.15) is 0 Å². The van der Waals surface area contributed by atoms with Crippen molar-refractivity contribution in [2.24, 2.45) is 5.92 Å². The maximum absolute atomic E-state index is 12.2. The second kappa shape index (κ2) is 4.49. The Balaban J connectivity index is 1.71. The average molecular weight is 230 g/mol. The number of fused-ring (bicyclic) bond motifs is 1. The summed E-state index contributed by atoms with van der Waals surface area (Å²) in [5.74, 6) is 0.818. The fraction of sp³-hybridized carbons (Fsp3) is 0.500. The molecule has 90 valence electrons. The largest absolute Gasteiger partial charge is 0.337 e. The number of benzene rings is 1. The molecule has 0 aliphatic carbocycles. The van der Waals surface area contributed by atoms with Crippen LogP contribution >= 0.6 is 0 Å². The topological polar surface area (TPSA) is 32.3 Å². The Morgan fingerprint density at radius 2 is 2.12 bits per heavy atom. The number of rotatable bonds is 2. The van der Waals surface area contributed by atoms with Gasteiger partial charge in [-0.2, -0.15) is 0 Å². The van der Waals surface area contributed by atoms with Crippen molar-refractivity contribution in [1.82, 2.24) is 10.2 Å². The van der Waals surface area contributed by atoms with Crippen LogP contribution in [0.1, 0.15) is 18.4 Å². The number of hydrogen-bond acceptors (Lipinski definition) is 2. The minimum absolute atomic E-state index is 0.0902. The Morgan fingerprint density at radius 1 is 1.29 bits per heavy atom. The van der Waals surface area contributed by atoms with E-state index in [-0.39, 0.29) is 6.04 Å². The minimum Gasteiger partial charge on any atom is -0.337 e. The fourth-order valence-corrected chi connectivity index (χ4v) is 2.96. The van der Waals surface area contributed by atoms with E-state index in [0.29, 0.717) is 11.8 Å². The lowest BCUT2D eigenvalue weighted by Gasteiger charge is -2.23. The van der Waals surface area contributed by atoms with Gasteiger partial charge in [-0.25, -0.2) is 0 Å². The zero-order valence-corrected chi connectivity index (χ0v) is 9.93. The van der Waals surface area contributed by atoms with E-state index in [1.807, 2.05) is 23.1 Å². The van der Waals surface area contributed by atoms with E-state index in [4.69, 9.17) is 0 Å². The Bertz CT molecular complexity index is 404. The predicted molar refractivity (Wildman–Crippen MR) is 66.4 cm³/mol. The molecule has 2 aliphatic rings. The lowest BCUT2D eigenvalue weighted by Crippen LogP contribution is -2.44. The van der Waals surface area contributed by atoms with Gasteiger partial charge in [-0.1, -0.05) is 30.3 Å². The molecular weight excluding hydrogens is 212 g/mol. The van der Waals surface area contributed by atoms with Crippen LogP contribution in [0.4, 0.5) is 0 Å². The molecule has 1 amide bonds. The van der Waals surface area contributed by atoms with Gasteiger partial charge in [0.25, 0.3) is 0 Å². The molecule has 2 fully saturated rings. The highest BCUT2D eigenvalue weighted by Crippen LogP contribution is 2.27. The van der Waals surface area contributed by atoms with Crippen LogP contribution in [0.2, 0.25) is 0 Å². The number of carbonyl (C=O) groups excluding carboxylic acids is 1. The second-order valence-electron chi connectivity index (χ2n) is 5.04. The summed E-state index contributed by atoms with van der Waals surface area (Å²) in [5, 5.41) is 3.36. The molecule has 2 aliphatic heterocycles. The molecule has 1 aromatic rings. The highest BCUT2D eigenvalue weighted by Gasteiger charge is 2.40. The zero-order valence-electron chi connectivity index (χ0n) is 9.93. The molecule has 0 aromatic heterocycles. The maximum atomic E-state index is 12.2. The van der Waals surface area contributed by atoms with Crippen LogP contribution in [0, 0.1) is 5.92 Å². The normalized spacial score (nSPS) is 28.2. The second-order valence-corrected chi connectivity index (χ2v) is 5.04. The van der Waals surface area contributed by atoms with Gasteiger partial charge in [-0.15, -0.1) is 0 Å². The molecule has 2 atom stereocenters. The number of nitrogens with zero attached hydrogens (tertiary/aromatic N) is 1. The van der Waals surface area contributed by atoms with E-state index < -0.39 is 0 Å². The third-order valence-corrected chi connectivity index (χ3v) is 3.84. The van der Waals surface area contributed by atoms with Crippen LogP contribution in [0.5, 0.6) is 0 Å². The molecule has 3 nitrogen and oxygen atoms in total. The quantitative estimate of drug-likeness (QED) is 0.833. The SMILES string of the molecule is O=C1C2NCCCC2CN1Cc1ccccc1. The minimum atomic E-state index is 0.0902. The third-order valence-electron chi connectivity index (χ3n) is 3.84. The van der Waals surface area contributed by atoms with E-state index in [1.165, 1.54) is 18.4 Å². The molecule has 0 saturated carbocycles. The summed E-state index contributed by atoms with van der Waals surface area (Å²) in [6.07, 6.45) is 2.39. The first-order valence-electron chi connectivity index (χ1n) is 6.41. The summed E-state index contributed by atoms with van der Waals surface area (Å²) in [4.78, 5) is 14.2. The van der Waals surface area contributed by atoms with Gasteiger partial charge in [0.15, 0.2) is 0 Å². The molecule has 0 bridgehead atoms. The molecular formula is C14H18N2O. The number of piperidine rings is 1. The number of carbonyl (C=O) groups is 1. The van der Waals surface area contributed by atoms with Crippen molar-refractivity contribution in [3.63, 3.8) is 0 Å². The van der Waals surface area contributed by atoms with E-state index in [9.17, 15) is 4.79 Å². The van der Waals surface area contributed by atoms with Crippen LogP contribution in [-0.4, -0.2) is 29.9 Å². The number of likely N-dealkylation sites (tertiary alicyclic amines) is 1. The highest BCUT2D eigenvalue weighted by molar-refractivity contribution is 5.84. The lowest BCUT2D eigenvalue weighted by atomic mass is 9.94. The molecule has 2 saturated heterocycles. The number of nitrogens with one attached hydrogen (secondary N) is 1.